The number of hydrogen-bond donors (Lipinski definition) is 2. The van der Waals surface area contributed by atoms with Crippen molar-refractivity contribution in [3.05, 3.63) is 53.9 Å². The lowest BCUT2D eigenvalue weighted by atomic mass is 10.1. The van der Waals surface area contributed by atoms with Gasteiger partial charge in [0, 0.05) is 43.0 Å². The fraction of sp³-hybridized carbons (Fsp3) is 0.316. The summed E-state index contributed by atoms with van der Waals surface area (Å²) in [5, 5.41) is 14.8. The van der Waals surface area contributed by atoms with Crippen molar-refractivity contribution >= 4 is 11.9 Å². The van der Waals surface area contributed by atoms with Gasteiger partial charge in [-0.3, -0.25) is 4.98 Å². The van der Waals surface area contributed by atoms with Crippen LogP contribution in [0.5, 0.6) is 11.5 Å². The van der Waals surface area contributed by atoms with Crippen molar-refractivity contribution in [2.75, 3.05) is 27.8 Å². The number of rotatable bonds is 7. The monoisotopic (exact) mass is 376 g/mol. The highest BCUT2D eigenvalue weighted by Crippen LogP contribution is 2.25. The van der Waals surface area contributed by atoms with Crippen molar-refractivity contribution in [3.63, 3.8) is 0 Å². The largest absolute Gasteiger partial charge is 0.497 e. The van der Waals surface area contributed by atoms with Gasteiger partial charge in [-0.2, -0.15) is 0 Å². The molecule has 8 nitrogen and oxygen atoms in total. The van der Waals surface area contributed by atoms with E-state index in [1.54, 1.807) is 14.2 Å². The minimum absolute atomic E-state index is 0.812. The smallest absolute Gasteiger partial charge is 0.414 e. The number of hydrogen-bond acceptors (Lipinski definition) is 6. The molecule has 27 heavy (non-hydrogen) atoms. The van der Waals surface area contributed by atoms with Gasteiger partial charge in [0.15, 0.2) is 0 Å². The minimum atomic E-state index is -1.82. The van der Waals surface area contributed by atoms with Crippen LogP contribution in [0, 0.1) is 0 Å². The molecule has 0 unspecified atom stereocenters. The van der Waals surface area contributed by atoms with Gasteiger partial charge in [0.1, 0.15) is 11.5 Å². The summed E-state index contributed by atoms with van der Waals surface area (Å²) >= 11 is 0. The quantitative estimate of drug-likeness (QED) is 0.706. The highest BCUT2D eigenvalue weighted by molar-refractivity contribution is 6.27. The number of carboxylic acid groups (broad SMARTS) is 2. The second-order valence-electron chi connectivity index (χ2n) is 5.60. The van der Waals surface area contributed by atoms with E-state index < -0.39 is 11.9 Å². The molecule has 0 radical (unpaired) electrons. The van der Waals surface area contributed by atoms with E-state index in [2.05, 4.69) is 29.1 Å². The maximum Gasteiger partial charge on any atom is 0.414 e. The van der Waals surface area contributed by atoms with Crippen LogP contribution >= 0.6 is 0 Å². The van der Waals surface area contributed by atoms with E-state index in [1.165, 1.54) is 0 Å². The molecule has 0 saturated carbocycles. The molecule has 1 aromatic heterocycles. The molecular weight excluding hydrogens is 352 g/mol. The van der Waals surface area contributed by atoms with Gasteiger partial charge in [-0.25, -0.2) is 9.59 Å². The molecule has 0 aliphatic heterocycles. The summed E-state index contributed by atoms with van der Waals surface area (Å²) in [7, 11) is 5.45. The lowest BCUT2D eigenvalue weighted by Crippen LogP contribution is -2.21. The summed E-state index contributed by atoms with van der Waals surface area (Å²) in [6, 6.07) is 12.0. The van der Waals surface area contributed by atoms with Crippen LogP contribution in [0.2, 0.25) is 0 Å². The van der Waals surface area contributed by atoms with Crippen LogP contribution in [-0.4, -0.2) is 59.8 Å². The van der Waals surface area contributed by atoms with Crippen LogP contribution in [0.15, 0.2) is 42.6 Å². The number of aliphatic carboxylic acids is 2. The normalized spacial score (nSPS) is 9.93. The first-order valence-electron chi connectivity index (χ1n) is 8.13. The summed E-state index contributed by atoms with van der Waals surface area (Å²) in [5.41, 5.74) is 2.27. The van der Waals surface area contributed by atoms with Crippen molar-refractivity contribution in [1.29, 1.82) is 0 Å². The molecule has 8 heteroatoms. The van der Waals surface area contributed by atoms with E-state index in [0.29, 0.717) is 0 Å². The molecule has 0 amide bonds. The van der Waals surface area contributed by atoms with Crippen LogP contribution < -0.4 is 9.47 Å². The molecule has 0 aliphatic rings. The van der Waals surface area contributed by atoms with E-state index in [0.717, 1.165) is 42.3 Å². The molecule has 0 fully saturated rings. The Morgan fingerprint density at radius 1 is 1.07 bits per heavy atom. The lowest BCUT2D eigenvalue weighted by molar-refractivity contribution is -0.159. The number of ether oxygens (including phenoxy) is 2. The Balaban J connectivity index is 0.000000527. The van der Waals surface area contributed by atoms with Crippen molar-refractivity contribution in [2.45, 2.75) is 13.0 Å². The molecule has 1 aromatic carbocycles. The summed E-state index contributed by atoms with van der Waals surface area (Å²) in [4.78, 5) is 24.8. The van der Waals surface area contributed by atoms with Crippen LogP contribution in [0.4, 0.5) is 0 Å². The molecule has 2 rings (SSSR count). The van der Waals surface area contributed by atoms with E-state index in [9.17, 15) is 0 Å². The predicted molar refractivity (Wildman–Crippen MR) is 99.1 cm³/mol. The van der Waals surface area contributed by atoms with Gasteiger partial charge in [-0.05, 0) is 25.2 Å². The molecule has 1 heterocycles. The molecule has 146 valence electrons. The van der Waals surface area contributed by atoms with Gasteiger partial charge in [0.2, 0.25) is 0 Å². The molecule has 0 aliphatic carbocycles. The van der Waals surface area contributed by atoms with E-state index >= 15 is 0 Å². The fourth-order valence-corrected chi connectivity index (χ4v) is 2.20. The predicted octanol–water partition coefficient (Wildman–Crippen LogP) is 1.93. The second-order valence-corrected chi connectivity index (χ2v) is 5.60. The van der Waals surface area contributed by atoms with Gasteiger partial charge in [-0.1, -0.05) is 12.1 Å². The maximum atomic E-state index is 9.10. The molecule has 2 aromatic rings. The molecule has 0 saturated heterocycles. The number of nitrogens with zero attached hydrogens (tertiary/aromatic N) is 2. The van der Waals surface area contributed by atoms with Crippen molar-refractivity contribution in [3.8, 4) is 11.5 Å². The topological polar surface area (TPSA) is 109 Å². The highest BCUT2D eigenvalue weighted by Gasteiger charge is 2.08. The zero-order valence-electron chi connectivity index (χ0n) is 15.6. The summed E-state index contributed by atoms with van der Waals surface area (Å²) in [6.07, 6.45) is 2.78. The first kappa shape index (κ1) is 21.9. The zero-order chi connectivity index (χ0) is 20.2. The highest BCUT2D eigenvalue weighted by atomic mass is 16.5. The molecule has 0 spiro atoms. The third-order valence-electron chi connectivity index (χ3n) is 3.59. The summed E-state index contributed by atoms with van der Waals surface area (Å²) < 4.78 is 10.7. The Morgan fingerprint density at radius 3 is 2.30 bits per heavy atom. The number of aromatic nitrogens is 1. The Hall–Kier alpha value is -3.13. The van der Waals surface area contributed by atoms with E-state index in [4.69, 9.17) is 29.3 Å². The van der Waals surface area contributed by atoms with Crippen molar-refractivity contribution in [1.82, 2.24) is 9.88 Å². The van der Waals surface area contributed by atoms with Crippen molar-refractivity contribution in [2.24, 2.45) is 0 Å². The number of methoxy groups -OCH3 is 2. The average molecular weight is 376 g/mol. The third-order valence-corrected chi connectivity index (χ3v) is 3.59. The Kier molecular flexibility index (Phi) is 9.32. The molecule has 0 bridgehead atoms. The molecular formula is C19H24N2O6. The Morgan fingerprint density at radius 2 is 1.78 bits per heavy atom. The van der Waals surface area contributed by atoms with E-state index in [-0.39, 0.29) is 0 Å². The second kappa shape index (κ2) is 11.5. The van der Waals surface area contributed by atoms with Crippen molar-refractivity contribution < 1.29 is 29.3 Å². The first-order chi connectivity index (χ1) is 12.9. The Bertz CT molecular complexity index is 724. The van der Waals surface area contributed by atoms with Crippen LogP contribution in [0.1, 0.15) is 11.3 Å². The van der Waals surface area contributed by atoms with Crippen LogP contribution in [-0.2, 0) is 22.6 Å². The standard InChI is InChI=1S/C17H22N2O2.C2H2O4/c1-19(11-9-15-6-4-5-10-18-15)13-14-7-8-16(20-2)12-17(14)21-3;3-1(4)2(5)6/h4-8,10,12H,9,11,13H2,1-3H3;(H,3,4)(H,5,6). The zero-order valence-corrected chi connectivity index (χ0v) is 15.6. The van der Waals surface area contributed by atoms with Crippen LogP contribution in [0.3, 0.4) is 0 Å². The van der Waals surface area contributed by atoms with Gasteiger partial charge >= 0.3 is 11.9 Å². The lowest BCUT2D eigenvalue weighted by Gasteiger charge is -2.18. The van der Waals surface area contributed by atoms with Gasteiger partial charge in [0.05, 0.1) is 14.2 Å². The summed E-state index contributed by atoms with van der Waals surface area (Å²) in [6.45, 7) is 1.78. The minimum Gasteiger partial charge on any atom is -0.497 e. The molecule has 0 atom stereocenters. The first-order valence-corrected chi connectivity index (χ1v) is 8.13. The SMILES string of the molecule is COc1ccc(CN(C)CCc2ccccn2)c(OC)c1.O=C(O)C(=O)O. The summed E-state index contributed by atoms with van der Waals surface area (Å²) in [5.74, 6) is -1.98. The number of pyridine rings is 1. The van der Waals surface area contributed by atoms with Gasteiger partial charge in [0.25, 0.3) is 0 Å². The number of benzene rings is 1. The third kappa shape index (κ3) is 8.19. The number of carboxylic acids is 2. The Labute approximate surface area is 158 Å². The average Bonchev–Trinajstić information content (AvgIpc) is 2.68. The number of likely N-dealkylation sites (N-methyl/N-ethyl adjacent to an activating group) is 1. The maximum absolute atomic E-state index is 9.10. The fourth-order valence-electron chi connectivity index (χ4n) is 2.20. The van der Waals surface area contributed by atoms with E-state index in [1.807, 2.05) is 30.5 Å². The molecule has 2 N–H and O–H groups in total. The number of carbonyl (C=O) groups is 2. The van der Waals surface area contributed by atoms with Gasteiger partial charge < -0.3 is 24.6 Å². The van der Waals surface area contributed by atoms with Crippen LogP contribution in [0.25, 0.3) is 0 Å². The van der Waals surface area contributed by atoms with Gasteiger partial charge in [-0.15, -0.1) is 0 Å².